The Morgan fingerprint density at radius 3 is 0.804 bits per heavy atom. The Balaban J connectivity index is 1.30. The summed E-state index contributed by atoms with van der Waals surface area (Å²) in [5.74, 6) is 0.0105. The maximum atomic E-state index is 10.8. The summed E-state index contributed by atoms with van der Waals surface area (Å²) in [4.78, 5) is 13.9. The lowest BCUT2D eigenvalue weighted by atomic mass is 9.75. The minimum Gasteiger partial charge on any atom is -0.508 e. The SMILES string of the molecule is Oc1ccc2[nH]cc(C(c3c[nH]c4ccc(O)cc34)c3c4ccccc4c(C(c4c[nH]c5ccc(O)cc45)c4c[nH]c5ccc(O)cc45)c4ccccc34)c2c1. The van der Waals surface area contributed by atoms with Crippen LogP contribution in [0.25, 0.3) is 65.2 Å². The molecule has 0 spiro atoms. The van der Waals surface area contributed by atoms with Gasteiger partial charge in [-0.1, -0.05) is 48.5 Å². The van der Waals surface area contributed by atoms with Crippen molar-refractivity contribution in [1.29, 1.82) is 0 Å². The first-order chi connectivity index (χ1) is 27.4. The number of aromatic hydroxyl groups is 4. The second kappa shape index (κ2) is 12.0. The van der Waals surface area contributed by atoms with Crippen molar-refractivity contribution in [2.75, 3.05) is 0 Å². The molecule has 0 aliphatic rings. The van der Waals surface area contributed by atoms with Gasteiger partial charge in [0.05, 0.1) is 0 Å². The first kappa shape index (κ1) is 31.9. The first-order valence-corrected chi connectivity index (χ1v) is 18.5. The zero-order chi connectivity index (χ0) is 37.7. The molecule has 11 aromatic rings. The summed E-state index contributed by atoms with van der Waals surface area (Å²) in [5.41, 5.74) is 9.72. The van der Waals surface area contributed by atoms with Gasteiger partial charge in [0.25, 0.3) is 0 Å². The standard InChI is InChI=1S/C48H34N4O4/c53-25-9-13-41-33(17-25)37(21-49-41)47(38-22-50-42-14-10-26(54)18-34(38)42)45-29-5-1-2-6-30(29)46(32-8-4-3-7-31(32)45)48(39-23-51-43-15-11-27(55)19-35(39)43)40-24-52-44-16-12-28(56)20-36(40)44/h1-24,47-56H. The highest BCUT2D eigenvalue weighted by Gasteiger charge is 2.32. The Kier molecular flexibility index (Phi) is 6.82. The molecule has 56 heavy (non-hydrogen) atoms. The van der Waals surface area contributed by atoms with Gasteiger partial charge in [-0.2, -0.15) is 0 Å². The van der Waals surface area contributed by atoms with Gasteiger partial charge in [0.1, 0.15) is 23.0 Å². The van der Waals surface area contributed by atoms with Crippen LogP contribution in [-0.4, -0.2) is 40.4 Å². The minimum atomic E-state index is -0.349. The molecule has 0 radical (unpaired) electrons. The molecule has 0 fully saturated rings. The van der Waals surface area contributed by atoms with Crippen molar-refractivity contribution in [2.24, 2.45) is 0 Å². The van der Waals surface area contributed by atoms with E-state index in [0.717, 1.165) is 98.5 Å². The van der Waals surface area contributed by atoms with Crippen molar-refractivity contribution in [3.63, 3.8) is 0 Å². The zero-order valence-electron chi connectivity index (χ0n) is 29.8. The van der Waals surface area contributed by atoms with E-state index in [2.05, 4.69) is 68.5 Å². The number of H-pyrrole nitrogens is 4. The monoisotopic (exact) mass is 730 g/mol. The predicted molar refractivity (Wildman–Crippen MR) is 223 cm³/mol. The van der Waals surface area contributed by atoms with E-state index in [9.17, 15) is 20.4 Å². The number of aromatic nitrogens is 4. The van der Waals surface area contributed by atoms with Crippen molar-refractivity contribution in [3.8, 4) is 23.0 Å². The molecular weight excluding hydrogens is 697 g/mol. The fraction of sp³-hybridized carbons (Fsp3) is 0.0417. The van der Waals surface area contributed by atoms with Gasteiger partial charge in [0.2, 0.25) is 0 Å². The Morgan fingerprint density at radius 1 is 0.304 bits per heavy atom. The van der Waals surface area contributed by atoms with E-state index < -0.39 is 0 Å². The maximum absolute atomic E-state index is 10.8. The number of hydrogen-bond donors (Lipinski definition) is 8. The molecule has 0 unspecified atom stereocenters. The lowest BCUT2D eigenvalue weighted by molar-refractivity contribution is 0.475. The minimum absolute atomic E-state index is 0.177. The van der Waals surface area contributed by atoms with Gasteiger partial charge in [-0.15, -0.1) is 0 Å². The molecule has 0 amide bonds. The van der Waals surface area contributed by atoms with Crippen LogP contribution in [0.3, 0.4) is 0 Å². The Bertz CT molecular complexity index is 2910. The number of phenolic OH excluding ortho intramolecular Hbond substituents is 4. The molecule has 8 heteroatoms. The summed E-state index contributed by atoms with van der Waals surface area (Å²) in [6.45, 7) is 0. The Hall–Kier alpha value is -7.58. The molecule has 8 nitrogen and oxygen atoms in total. The average molecular weight is 731 g/mol. The van der Waals surface area contributed by atoms with Crippen LogP contribution < -0.4 is 0 Å². The highest BCUT2D eigenvalue weighted by molar-refractivity contribution is 6.10. The molecule has 0 atom stereocenters. The van der Waals surface area contributed by atoms with Crippen molar-refractivity contribution in [3.05, 3.63) is 179 Å². The molecule has 270 valence electrons. The third kappa shape index (κ3) is 4.72. The van der Waals surface area contributed by atoms with Crippen LogP contribution in [0, 0.1) is 0 Å². The lowest BCUT2D eigenvalue weighted by Gasteiger charge is -2.27. The number of phenols is 4. The second-order valence-electron chi connectivity index (χ2n) is 14.7. The van der Waals surface area contributed by atoms with Crippen LogP contribution in [0.5, 0.6) is 23.0 Å². The molecule has 8 N–H and O–H groups in total. The van der Waals surface area contributed by atoms with Crippen LogP contribution in [0.2, 0.25) is 0 Å². The lowest BCUT2D eigenvalue weighted by Crippen LogP contribution is -2.09. The quantitative estimate of drug-likeness (QED) is 0.0805. The normalized spacial score (nSPS) is 12.2. The first-order valence-electron chi connectivity index (χ1n) is 18.5. The largest absolute Gasteiger partial charge is 0.508 e. The van der Waals surface area contributed by atoms with Crippen LogP contribution in [0.15, 0.2) is 146 Å². The summed E-state index contributed by atoms with van der Waals surface area (Å²) in [6.07, 6.45) is 8.14. The number of hydrogen-bond acceptors (Lipinski definition) is 4. The van der Waals surface area contributed by atoms with E-state index in [-0.39, 0.29) is 34.8 Å². The fourth-order valence-electron chi connectivity index (χ4n) is 9.25. The number of benzene rings is 7. The third-order valence-corrected chi connectivity index (χ3v) is 11.6. The molecule has 0 aliphatic carbocycles. The third-order valence-electron chi connectivity index (χ3n) is 11.6. The Morgan fingerprint density at radius 2 is 0.554 bits per heavy atom. The van der Waals surface area contributed by atoms with Gasteiger partial charge in [0.15, 0.2) is 0 Å². The predicted octanol–water partition coefficient (Wildman–Crippen LogP) is 11.1. The van der Waals surface area contributed by atoms with E-state index in [4.69, 9.17) is 0 Å². The van der Waals surface area contributed by atoms with Crippen LogP contribution >= 0.6 is 0 Å². The molecule has 7 aromatic carbocycles. The fourth-order valence-corrected chi connectivity index (χ4v) is 9.25. The van der Waals surface area contributed by atoms with E-state index in [1.54, 1.807) is 24.3 Å². The van der Waals surface area contributed by atoms with Gasteiger partial charge in [-0.3, -0.25) is 0 Å². The molecule has 4 heterocycles. The molecular formula is C48H34N4O4. The summed E-state index contributed by atoms with van der Waals surface area (Å²) in [7, 11) is 0. The topological polar surface area (TPSA) is 144 Å². The molecule has 0 saturated carbocycles. The summed E-state index contributed by atoms with van der Waals surface area (Å²) in [5, 5.41) is 50.9. The number of nitrogens with one attached hydrogen (secondary N) is 4. The van der Waals surface area contributed by atoms with E-state index in [1.165, 1.54) is 0 Å². The van der Waals surface area contributed by atoms with Gasteiger partial charge in [0, 0.05) is 80.2 Å². The van der Waals surface area contributed by atoms with Crippen LogP contribution in [0.1, 0.15) is 45.2 Å². The van der Waals surface area contributed by atoms with Crippen molar-refractivity contribution >= 4 is 65.2 Å². The molecule has 11 rings (SSSR count). The van der Waals surface area contributed by atoms with Crippen molar-refractivity contribution in [2.45, 2.75) is 11.8 Å². The van der Waals surface area contributed by atoms with Gasteiger partial charge >= 0.3 is 0 Å². The van der Waals surface area contributed by atoms with E-state index in [0.29, 0.717) is 0 Å². The summed E-state index contributed by atoms with van der Waals surface area (Å²) < 4.78 is 0. The number of fused-ring (bicyclic) bond motifs is 6. The van der Waals surface area contributed by atoms with Gasteiger partial charge in [-0.25, -0.2) is 0 Å². The van der Waals surface area contributed by atoms with Crippen molar-refractivity contribution < 1.29 is 20.4 Å². The zero-order valence-corrected chi connectivity index (χ0v) is 29.8. The molecule has 4 aromatic heterocycles. The molecule has 0 saturated heterocycles. The highest BCUT2D eigenvalue weighted by Crippen LogP contribution is 2.51. The van der Waals surface area contributed by atoms with Gasteiger partial charge in [-0.05, 0) is 128 Å². The highest BCUT2D eigenvalue weighted by atomic mass is 16.3. The Labute approximate surface area is 318 Å². The smallest absolute Gasteiger partial charge is 0.116 e. The molecule has 0 bridgehead atoms. The number of rotatable bonds is 6. The number of aromatic amines is 4. The van der Waals surface area contributed by atoms with Crippen molar-refractivity contribution in [1.82, 2.24) is 19.9 Å². The molecule has 0 aliphatic heterocycles. The van der Waals surface area contributed by atoms with E-state index in [1.807, 2.05) is 73.3 Å². The average Bonchev–Trinajstić information content (AvgIpc) is 4.02. The van der Waals surface area contributed by atoms with Crippen LogP contribution in [-0.2, 0) is 0 Å². The maximum Gasteiger partial charge on any atom is 0.116 e. The van der Waals surface area contributed by atoms with E-state index >= 15 is 0 Å². The summed E-state index contributed by atoms with van der Waals surface area (Å²) >= 11 is 0. The van der Waals surface area contributed by atoms with Gasteiger partial charge < -0.3 is 40.4 Å². The second-order valence-corrected chi connectivity index (χ2v) is 14.7. The van der Waals surface area contributed by atoms with Crippen LogP contribution in [0.4, 0.5) is 0 Å². The summed E-state index contributed by atoms with van der Waals surface area (Å²) in [6, 6.07) is 38.6.